The van der Waals surface area contributed by atoms with E-state index in [1.807, 2.05) is 6.92 Å². The summed E-state index contributed by atoms with van der Waals surface area (Å²) in [5.41, 5.74) is 0. The zero-order valence-electron chi connectivity index (χ0n) is 18.2. The molecule has 0 aromatic rings. The van der Waals surface area contributed by atoms with E-state index in [2.05, 4.69) is 20.8 Å². The van der Waals surface area contributed by atoms with Crippen LogP contribution in [0.15, 0.2) is 0 Å². The third kappa shape index (κ3) is 13.5. The van der Waals surface area contributed by atoms with Crippen LogP contribution in [0, 0.1) is 5.92 Å². The van der Waals surface area contributed by atoms with Gasteiger partial charge in [-0.15, -0.1) is 0 Å². The summed E-state index contributed by atoms with van der Waals surface area (Å²) in [5.74, 6) is -0.518. The summed E-state index contributed by atoms with van der Waals surface area (Å²) < 4.78 is 5.33. The summed E-state index contributed by atoms with van der Waals surface area (Å²) in [5, 5.41) is 9.65. The average Bonchev–Trinajstić information content (AvgIpc) is 2.61. The molecule has 0 rings (SSSR count). The lowest BCUT2D eigenvalue weighted by Gasteiger charge is -2.29. The zero-order valence-corrected chi connectivity index (χ0v) is 18.2. The first-order chi connectivity index (χ1) is 12.9. The highest BCUT2D eigenvalue weighted by molar-refractivity contribution is 5.80. The van der Waals surface area contributed by atoms with Crippen LogP contribution >= 0.6 is 0 Å². The Morgan fingerprint density at radius 3 is 1.93 bits per heavy atom. The molecule has 0 aromatic carbocycles. The molecule has 1 N–H and O–H groups in total. The van der Waals surface area contributed by atoms with Gasteiger partial charge in [-0.25, -0.2) is 9.59 Å². The molecule has 1 unspecified atom stereocenters. The Balaban J connectivity index is 4.57. The van der Waals surface area contributed by atoms with Gasteiger partial charge in [0, 0.05) is 6.54 Å². The second-order valence-electron chi connectivity index (χ2n) is 7.96. The van der Waals surface area contributed by atoms with Gasteiger partial charge in [0.05, 0.1) is 6.61 Å². The molecular weight excluding hydrogens is 342 g/mol. The molecule has 1 atom stereocenters. The molecule has 0 bridgehead atoms. The highest BCUT2D eigenvalue weighted by Crippen LogP contribution is 2.16. The second-order valence-corrected chi connectivity index (χ2v) is 7.96. The van der Waals surface area contributed by atoms with Gasteiger partial charge in [-0.2, -0.15) is 0 Å². The number of hydrogen-bond acceptors (Lipinski definition) is 3. The molecule has 0 radical (unpaired) electrons. The lowest BCUT2D eigenvalue weighted by atomic mass is 10.0. The predicted molar refractivity (Wildman–Crippen MR) is 111 cm³/mol. The lowest BCUT2D eigenvalue weighted by molar-refractivity contribution is -0.143. The van der Waals surface area contributed by atoms with Crippen molar-refractivity contribution < 1.29 is 19.4 Å². The van der Waals surface area contributed by atoms with Gasteiger partial charge in [0.15, 0.2) is 0 Å². The van der Waals surface area contributed by atoms with Crippen molar-refractivity contribution in [2.24, 2.45) is 5.92 Å². The van der Waals surface area contributed by atoms with Crippen LogP contribution in [0.25, 0.3) is 0 Å². The summed E-state index contributed by atoms with van der Waals surface area (Å²) in [6.45, 7) is 9.22. The van der Waals surface area contributed by atoms with Crippen molar-refractivity contribution >= 4 is 12.1 Å². The number of carbonyl (C=O) groups excluding carboxylic acids is 1. The lowest BCUT2D eigenvalue weighted by Crippen LogP contribution is -2.46. The van der Waals surface area contributed by atoms with E-state index in [4.69, 9.17) is 4.74 Å². The number of aliphatic carboxylic acids is 1. The number of amides is 1. The van der Waals surface area contributed by atoms with Gasteiger partial charge < -0.3 is 9.84 Å². The molecule has 0 aromatic heterocycles. The molecule has 0 aliphatic rings. The summed E-state index contributed by atoms with van der Waals surface area (Å²) in [4.78, 5) is 25.7. The van der Waals surface area contributed by atoms with Crippen LogP contribution < -0.4 is 0 Å². The van der Waals surface area contributed by atoms with Gasteiger partial charge in [-0.1, -0.05) is 79.1 Å². The molecular formula is C22H43NO4. The van der Waals surface area contributed by atoms with Crippen molar-refractivity contribution in [2.45, 2.75) is 111 Å². The topological polar surface area (TPSA) is 66.8 Å². The van der Waals surface area contributed by atoms with Gasteiger partial charge in [0.2, 0.25) is 0 Å². The maximum absolute atomic E-state index is 12.5. The second kappa shape index (κ2) is 16.9. The summed E-state index contributed by atoms with van der Waals surface area (Å²) >= 11 is 0. The number of carboxylic acid groups (broad SMARTS) is 1. The Morgan fingerprint density at radius 1 is 0.852 bits per heavy atom. The predicted octanol–water partition coefficient (Wildman–Crippen LogP) is 6.26. The quantitative estimate of drug-likeness (QED) is 0.300. The highest BCUT2D eigenvalue weighted by Gasteiger charge is 2.30. The van der Waals surface area contributed by atoms with E-state index in [0.717, 1.165) is 38.5 Å². The van der Waals surface area contributed by atoms with Gasteiger partial charge in [0.1, 0.15) is 6.04 Å². The van der Waals surface area contributed by atoms with Crippen LogP contribution in [-0.2, 0) is 9.53 Å². The van der Waals surface area contributed by atoms with Crippen molar-refractivity contribution in [1.29, 1.82) is 0 Å². The van der Waals surface area contributed by atoms with Gasteiger partial charge >= 0.3 is 12.1 Å². The highest BCUT2D eigenvalue weighted by atomic mass is 16.6. The molecule has 0 spiro atoms. The van der Waals surface area contributed by atoms with E-state index in [1.54, 1.807) is 0 Å². The first-order valence-corrected chi connectivity index (χ1v) is 11.1. The molecule has 5 nitrogen and oxygen atoms in total. The molecule has 0 heterocycles. The minimum absolute atomic E-state index is 0.361. The summed E-state index contributed by atoms with van der Waals surface area (Å²) in [7, 11) is 0. The summed E-state index contributed by atoms with van der Waals surface area (Å²) in [6.07, 6.45) is 11.9. The molecule has 0 fully saturated rings. The van der Waals surface area contributed by atoms with Crippen LogP contribution in [0.1, 0.15) is 105 Å². The standard InChI is InChI=1S/C22H43NO4/c1-5-7-9-10-11-12-13-14-17-23(22(26)27-18-8-6-2)20(21(24)25)16-15-19(3)4/h19-20H,5-18H2,1-4H3,(H,24,25). The molecule has 5 heteroatoms. The van der Waals surface area contributed by atoms with E-state index < -0.39 is 18.1 Å². The van der Waals surface area contributed by atoms with Gasteiger partial charge in [0.25, 0.3) is 0 Å². The third-order valence-corrected chi connectivity index (χ3v) is 4.89. The van der Waals surface area contributed by atoms with Crippen LogP contribution in [0.2, 0.25) is 0 Å². The van der Waals surface area contributed by atoms with Crippen molar-refractivity contribution in [3.63, 3.8) is 0 Å². The molecule has 0 saturated carbocycles. The monoisotopic (exact) mass is 385 g/mol. The molecule has 1 amide bonds. The first kappa shape index (κ1) is 25.7. The number of nitrogens with zero attached hydrogens (tertiary/aromatic N) is 1. The fourth-order valence-corrected chi connectivity index (χ4v) is 3.08. The van der Waals surface area contributed by atoms with Crippen molar-refractivity contribution in [3.8, 4) is 0 Å². The number of carbonyl (C=O) groups is 2. The molecule has 0 aliphatic heterocycles. The Hall–Kier alpha value is -1.26. The van der Waals surface area contributed by atoms with E-state index in [1.165, 1.54) is 37.0 Å². The van der Waals surface area contributed by atoms with Crippen molar-refractivity contribution in [1.82, 2.24) is 4.90 Å². The smallest absolute Gasteiger partial charge is 0.410 e. The number of carboxylic acids is 1. The van der Waals surface area contributed by atoms with Crippen LogP contribution in [0.3, 0.4) is 0 Å². The molecule has 160 valence electrons. The maximum atomic E-state index is 12.5. The van der Waals surface area contributed by atoms with E-state index in [9.17, 15) is 14.7 Å². The Morgan fingerprint density at radius 2 is 1.41 bits per heavy atom. The molecule has 0 aliphatic carbocycles. The minimum atomic E-state index is -0.928. The molecule has 27 heavy (non-hydrogen) atoms. The van der Waals surface area contributed by atoms with E-state index >= 15 is 0 Å². The van der Waals surface area contributed by atoms with E-state index in [-0.39, 0.29) is 0 Å². The largest absolute Gasteiger partial charge is 0.480 e. The Labute approximate surface area is 166 Å². The Kier molecular flexibility index (Phi) is 16.1. The van der Waals surface area contributed by atoms with Gasteiger partial charge in [-0.3, -0.25) is 4.90 Å². The first-order valence-electron chi connectivity index (χ1n) is 11.1. The number of ether oxygens (including phenoxy) is 1. The van der Waals surface area contributed by atoms with Crippen LogP contribution in [-0.4, -0.2) is 41.3 Å². The average molecular weight is 386 g/mol. The maximum Gasteiger partial charge on any atom is 0.410 e. The fourth-order valence-electron chi connectivity index (χ4n) is 3.08. The third-order valence-electron chi connectivity index (χ3n) is 4.89. The number of unbranched alkanes of at least 4 members (excludes halogenated alkanes) is 8. The number of rotatable bonds is 17. The van der Waals surface area contributed by atoms with Crippen molar-refractivity contribution in [3.05, 3.63) is 0 Å². The number of hydrogen-bond donors (Lipinski definition) is 1. The minimum Gasteiger partial charge on any atom is -0.480 e. The SMILES string of the molecule is CCCCCCCCCCN(C(=O)OCCCC)C(CCC(C)C)C(=O)O. The zero-order chi connectivity index (χ0) is 20.5. The van der Waals surface area contributed by atoms with Crippen molar-refractivity contribution in [2.75, 3.05) is 13.2 Å². The fraction of sp³-hybridized carbons (Fsp3) is 0.909. The van der Waals surface area contributed by atoms with Crippen LogP contribution in [0.5, 0.6) is 0 Å². The Bertz CT molecular complexity index is 385. The van der Waals surface area contributed by atoms with Crippen LogP contribution in [0.4, 0.5) is 4.79 Å². The molecule has 0 saturated heterocycles. The van der Waals surface area contributed by atoms with Gasteiger partial charge in [-0.05, 0) is 31.6 Å². The summed E-state index contributed by atoms with van der Waals surface area (Å²) in [6, 6.07) is -0.786. The normalized spacial score (nSPS) is 12.2. The van der Waals surface area contributed by atoms with E-state index in [0.29, 0.717) is 25.5 Å².